The Morgan fingerprint density at radius 1 is 1.17 bits per heavy atom. The molecule has 0 aromatic heterocycles. The Balaban J connectivity index is 2.50. The molecule has 0 radical (unpaired) electrons. The maximum Gasteiger partial charge on any atom is 0.123 e. The first kappa shape index (κ1) is 15.0. The van der Waals surface area contributed by atoms with Crippen LogP contribution in [-0.4, -0.2) is 25.2 Å². The summed E-state index contributed by atoms with van der Waals surface area (Å²) in [7, 11) is 0. The quantitative estimate of drug-likeness (QED) is 0.800. The molecule has 1 rings (SSSR count). The first-order valence-electron chi connectivity index (χ1n) is 6.74. The molecular weight excluding hydrogens is 227 g/mol. The van der Waals surface area contributed by atoms with Gasteiger partial charge >= 0.3 is 0 Å². The van der Waals surface area contributed by atoms with Crippen molar-refractivity contribution in [3.05, 3.63) is 30.1 Å². The highest BCUT2D eigenvalue weighted by Gasteiger charge is 2.13. The molecule has 1 aromatic carbocycles. The molecule has 0 aliphatic rings. The zero-order valence-corrected chi connectivity index (χ0v) is 12.0. The van der Waals surface area contributed by atoms with Crippen LogP contribution in [-0.2, 0) is 0 Å². The molecule has 2 nitrogen and oxygen atoms in total. The summed E-state index contributed by atoms with van der Waals surface area (Å²) in [6.07, 6.45) is 1.11. The number of nitrogens with zero attached hydrogens (tertiary/aromatic N) is 1. The highest BCUT2D eigenvalue weighted by molar-refractivity contribution is 5.46. The van der Waals surface area contributed by atoms with E-state index in [9.17, 15) is 4.39 Å². The summed E-state index contributed by atoms with van der Waals surface area (Å²) in [6, 6.07) is 6.70. The Morgan fingerprint density at radius 3 is 2.28 bits per heavy atom. The van der Waals surface area contributed by atoms with Gasteiger partial charge in [0.2, 0.25) is 0 Å². The van der Waals surface area contributed by atoms with Crippen molar-refractivity contribution in [2.24, 2.45) is 0 Å². The molecule has 0 saturated heterocycles. The fourth-order valence-corrected chi connectivity index (χ4v) is 1.78. The molecule has 0 aliphatic heterocycles. The molecular formula is C15H25FN2. The minimum atomic E-state index is -0.181. The van der Waals surface area contributed by atoms with E-state index in [2.05, 4.69) is 37.9 Å². The number of nitrogens with one attached hydrogen (secondary N) is 1. The predicted molar refractivity (Wildman–Crippen MR) is 76.7 cm³/mol. The number of halogens is 1. The van der Waals surface area contributed by atoms with Gasteiger partial charge in [-0.3, -0.25) is 0 Å². The minimum absolute atomic E-state index is 0.181. The van der Waals surface area contributed by atoms with Crippen molar-refractivity contribution in [1.82, 2.24) is 5.32 Å². The zero-order valence-electron chi connectivity index (χ0n) is 12.0. The van der Waals surface area contributed by atoms with Crippen LogP contribution in [0.4, 0.5) is 10.1 Å². The van der Waals surface area contributed by atoms with Crippen molar-refractivity contribution in [3.63, 3.8) is 0 Å². The monoisotopic (exact) mass is 252 g/mol. The number of benzene rings is 1. The second kappa shape index (κ2) is 6.74. The Labute approximate surface area is 110 Å². The molecule has 1 aromatic rings. The molecule has 0 atom stereocenters. The summed E-state index contributed by atoms with van der Waals surface area (Å²) in [5.41, 5.74) is 1.26. The normalized spacial score (nSPS) is 11.6. The summed E-state index contributed by atoms with van der Waals surface area (Å²) < 4.78 is 12.9. The lowest BCUT2D eigenvalue weighted by Gasteiger charge is -2.28. The maximum absolute atomic E-state index is 12.9. The molecule has 102 valence electrons. The van der Waals surface area contributed by atoms with Crippen LogP contribution in [0.5, 0.6) is 0 Å². The van der Waals surface area contributed by atoms with Crippen LogP contribution in [0, 0.1) is 5.82 Å². The number of anilines is 1. The van der Waals surface area contributed by atoms with Gasteiger partial charge in [-0.25, -0.2) is 4.39 Å². The molecule has 1 N–H and O–H groups in total. The van der Waals surface area contributed by atoms with Crippen molar-refractivity contribution in [2.75, 3.05) is 24.5 Å². The third-order valence-corrected chi connectivity index (χ3v) is 3.44. The van der Waals surface area contributed by atoms with Crippen LogP contribution in [0.3, 0.4) is 0 Å². The van der Waals surface area contributed by atoms with E-state index < -0.39 is 0 Å². The van der Waals surface area contributed by atoms with Crippen molar-refractivity contribution in [3.8, 4) is 0 Å². The molecule has 0 aliphatic carbocycles. The van der Waals surface area contributed by atoms with E-state index in [-0.39, 0.29) is 11.4 Å². The first-order chi connectivity index (χ1) is 8.48. The Morgan fingerprint density at radius 2 is 1.78 bits per heavy atom. The average Bonchev–Trinajstić information content (AvgIpc) is 2.36. The van der Waals surface area contributed by atoms with Crippen LogP contribution in [0.2, 0.25) is 0 Å². The molecule has 0 spiro atoms. The minimum Gasteiger partial charge on any atom is -0.371 e. The van der Waals surface area contributed by atoms with Gasteiger partial charge < -0.3 is 10.2 Å². The highest BCUT2D eigenvalue weighted by Crippen LogP contribution is 2.14. The van der Waals surface area contributed by atoms with Gasteiger partial charge in [0.25, 0.3) is 0 Å². The lowest BCUT2D eigenvalue weighted by Crippen LogP contribution is -2.43. The lowest BCUT2D eigenvalue weighted by atomic mass is 10.0. The van der Waals surface area contributed by atoms with Crippen molar-refractivity contribution in [2.45, 2.75) is 39.7 Å². The Bertz CT molecular complexity index is 346. The van der Waals surface area contributed by atoms with Crippen molar-refractivity contribution in [1.29, 1.82) is 0 Å². The molecule has 3 heteroatoms. The summed E-state index contributed by atoms with van der Waals surface area (Å²) >= 11 is 0. The molecule has 0 amide bonds. The molecule has 0 fully saturated rings. The molecule has 0 heterocycles. The van der Waals surface area contributed by atoms with Crippen LogP contribution in [0.1, 0.15) is 34.1 Å². The molecule has 0 saturated carbocycles. The van der Waals surface area contributed by atoms with Gasteiger partial charge in [-0.1, -0.05) is 6.92 Å². The Kier molecular flexibility index (Phi) is 5.60. The van der Waals surface area contributed by atoms with Gasteiger partial charge in [0, 0.05) is 30.9 Å². The number of hydrogen-bond acceptors (Lipinski definition) is 2. The van der Waals surface area contributed by atoms with E-state index in [0.29, 0.717) is 0 Å². The van der Waals surface area contributed by atoms with Crippen LogP contribution in [0.15, 0.2) is 24.3 Å². The van der Waals surface area contributed by atoms with Gasteiger partial charge in [0.15, 0.2) is 0 Å². The smallest absolute Gasteiger partial charge is 0.123 e. The number of likely N-dealkylation sites (N-methyl/N-ethyl adjacent to an activating group) is 1. The third-order valence-electron chi connectivity index (χ3n) is 3.44. The van der Waals surface area contributed by atoms with Gasteiger partial charge in [-0.2, -0.15) is 0 Å². The highest BCUT2D eigenvalue weighted by atomic mass is 19.1. The van der Waals surface area contributed by atoms with E-state index in [1.54, 1.807) is 0 Å². The second-order valence-electron chi connectivity index (χ2n) is 5.22. The molecule has 18 heavy (non-hydrogen) atoms. The van der Waals surface area contributed by atoms with E-state index in [0.717, 1.165) is 31.7 Å². The topological polar surface area (TPSA) is 15.3 Å². The summed E-state index contributed by atoms with van der Waals surface area (Å²) in [5, 5.41) is 3.54. The van der Waals surface area contributed by atoms with E-state index in [4.69, 9.17) is 0 Å². The fourth-order valence-electron chi connectivity index (χ4n) is 1.78. The first-order valence-corrected chi connectivity index (χ1v) is 6.74. The Hall–Kier alpha value is -1.09. The largest absolute Gasteiger partial charge is 0.371 e. The van der Waals surface area contributed by atoms with Gasteiger partial charge in [-0.05, 0) is 51.5 Å². The SMILES string of the molecule is CCN(CCNC(C)(C)CC)c1ccc(F)cc1. The zero-order chi connectivity index (χ0) is 13.6. The summed E-state index contributed by atoms with van der Waals surface area (Å²) in [5.74, 6) is -0.181. The van der Waals surface area contributed by atoms with Crippen LogP contribution < -0.4 is 10.2 Å². The maximum atomic E-state index is 12.9. The average molecular weight is 252 g/mol. The lowest BCUT2D eigenvalue weighted by molar-refractivity contribution is 0.380. The van der Waals surface area contributed by atoms with E-state index >= 15 is 0 Å². The standard InChI is InChI=1S/C15H25FN2/c1-5-15(3,4)17-11-12-18(6-2)14-9-7-13(16)8-10-14/h7-10,17H,5-6,11-12H2,1-4H3. The van der Waals surface area contributed by atoms with E-state index in [1.165, 1.54) is 12.1 Å². The van der Waals surface area contributed by atoms with Gasteiger partial charge in [0.1, 0.15) is 5.82 Å². The van der Waals surface area contributed by atoms with Crippen molar-refractivity contribution < 1.29 is 4.39 Å². The van der Waals surface area contributed by atoms with Gasteiger partial charge in [-0.15, -0.1) is 0 Å². The predicted octanol–water partition coefficient (Wildman–Crippen LogP) is 3.43. The molecule has 0 bridgehead atoms. The fraction of sp³-hybridized carbons (Fsp3) is 0.600. The molecule has 0 unspecified atom stereocenters. The summed E-state index contributed by atoms with van der Waals surface area (Å²) in [6.45, 7) is 11.5. The number of rotatable bonds is 7. The van der Waals surface area contributed by atoms with Crippen LogP contribution in [0.25, 0.3) is 0 Å². The summed E-state index contributed by atoms with van der Waals surface area (Å²) in [4.78, 5) is 2.25. The number of hydrogen-bond donors (Lipinski definition) is 1. The van der Waals surface area contributed by atoms with Crippen LogP contribution >= 0.6 is 0 Å². The van der Waals surface area contributed by atoms with Crippen molar-refractivity contribution >= 4 is 5.69 Å². The van der Waals surface area contributed by atoms with E-state index in [1.807, 2.05) is 12.1 Å². The van der Waals surface area contributed by atoms with Gasteiger partial charge in [0.05, 0.1) is 0 Å². The second-order valence-corrected chi connectivity index (χ2v) is 5.22. The third kappa shape index (κ3) is 4.65.